The maximum Gasteiger partial charge on any atom is 0.345 e. The predicted octanol–water partition coefficient (Wildman–Crippen LogP) is 3.37. The van der Waals surface area contributed by atoms with Crippen LogP contribution in [-0.2, 0) is 4.79 Å². The van der Waals surface area contributed by atoms with Gasteiger partial charge in [-0.25, -0.2) is 4.79 Å². The Morgan fingerprint density at radius 1 is 1.47 bits per heavy atom. The second-order valence-corrected chi connectivity index (χ2v) is 4.56. The molecule has 0 bridgehead atoms. The Morgan fingerprint density at radius 3 is 2.00 bits per heavy atom. The molecule has 0 unspecified atom stereocenters. The van der Waals surface area contributed by atoms with E-state index in [2.05, 4.69) is 34.3 Å². The third-order valence-electron chi connectivity index (χ3n) is 1.67. The van der Waals surface area contributed by atoms with Crippen LogP contribution >= 0.6 is 0 Å². The molecule has 0 aromatic rings. The fraction of sp³-hybridized carbons (Fsp3) is 0.667. The number of carboxylic acid groups (broad SMARTS) is 1. The first-order valence-electron chi connectivity index (χ1n) is 5.07. The first-order chi connectivity index (χ1) is 6.74. The molecule has 0 aromatic carbocycles. The molecule has 0 aromatic heterocycles. The molecule has 15 heavy (non-hydrogen) atoms. The number of rotatable bonds is 3. The van der Waals surface area contributed by atoms with Gasteiger partial charge < -0.3 is 5.11 Å². The summed E-state index contributed by atoms with van der Waals surface area (Å²) >= 11 is 0. The van der Waals surface area contributed by atoms with Gasteiger partial charge in [0.05, 0.1) is 0 Å². The molecule has 0 aliphatic carbocycles. The third kappa shape index (κ3) is 15.5. The molecule has 0 saturated carbocycles. The smallest absolute Gasteiger partial charge is 0.345 e. The van der Waals surface area contributed by atoms with Crippen molar-refractivity contribution in [3.8, 4) is 6.07 Å². The number of unbranched alkanes of at least 4 members (excludes halogenated alkanes) is 1. The SMILES string of the molecule is C=C(C#N)C(=O)O.CCCCC(C)(C)C. The molecular formula is C12H21NO2. The molecule has 3 nitrogen and oxygen atoms in total. The Balaban J connectivity index is 0. The number of carboxylic acids is 1. The Bertz CT molecular complexity index is 243. The summed E-state index contributed by atoms with van der Waals surface area (Å²) in [6, 6.07) is 1.37. The zero-order valence-corrected chi connectivity index (χ0v) is 10.1. The lowest BCUT2D eigenvalue weighted by atomic mass is 9.90. The lowest BCUT2D eigenvalue weighted by molar-refractivity contribution is -0.132. The van der Waals surface area contributed by atoms with Crippen molar-refractivity contribution in [2.75, 3.05) is 0 Å². The van der Waals surface area contributed by atoms with Crippen molar-refractivity contribution in [3.63, 3.8) is 0 Å². The van der Waals surface area contributed by atoms with E-state index in [1.165, 1.54) is 25.3 Å². The van der Waals surface area contributed by atoms with E-state index in [4.69, 9.17) is 10.4 Å². The Kier molecular flexibility index (Phi) is 8.66. The number of hydrogen-bond acceptors (Lipinski definition) is 2. The minimum absolute atomic E-state index is 0.431. The largest absolute Gasteiger partial charge is 0.477 e. The van der Waals surface area contributed by atoms with E-state index >= 15 is 0 Å². The quantitative estimate of drug-likeness (QED) is 0.575. The van der Waals surface area contributed by atoms with E-state index in [0.717, 1.165) is 0 Å². The van der Waals surface area contributed by atoms with Gasteiger partial charge in [0.25, 0.3) is 0 Å². The van der Waals surface area contributed by atoms with Crippen LogP contribution in [0.15, 0.2) is 12.2 Å². The van der Waals surface area contributed by atoms with Crippen LogP contribution in [0.2, 0.25) is 0 Å². The predicted molar refractivity (Wildman–Crippen MR) is 61.4 cm³/mol. The zero-order valence-electron chi connectivity index (χ0n) is 10.1. The third-order valence-corrected chi connectivity index (χ3v) is 1.67. The number of nitrogens with zero attached hydrogens (tertiary/aromatic N) is 1. The van der Waals surface area contributed by atoms with Gasteiger partial charge in [0.2, 0.25) is 0 Å². The second kappa shape index (κ2) is 8.05. The van der Waals surface area contributed by atoms with E-state index < -0.39 is 11.5 Å². The monoisotopic (exact) mass is 211 g/mol. The molecule has 1 N–H and O–H groups in total. The molecule has 0 rings (SSSR count). The van der Waals surface area contributed by atoms with E-state index in [1.54, 1.807) is 0 Å². The van der Waals surface area contributed by atoms with Crippen molar-refractivity contribution >= 4 is 5.97 Å². The van der Waals surface area contributed by atoms with Crippen LogP contribution in [0.3, 0.4) is 0 Å². The second-order valence-electron chi connectivity index (χ2n) is 4.56. The summed E-state index contributed by atoms with van der Waals surface area (Å²) in [6.07, 6.45) is 4.07. The van der Waals surface area contributed by atoms with E-state index in [9.17, 15) is 4.79 Å². The standard InChI is InChI=1S/C8H18.C4H3NO2/c1-5-6-7-8(2,3)4;1-3(2-5)4(6)7/h5-7H2,1-4H3;1H2,(H,6,7). The van der Waals surface area contributed by atoms with Crippen LogP contribution in [0, 0.1) is 16.7 Å². The molecule has 0 saturated heterocycles. The van der Waals surface area contributed by atoms with Gasteiger partial charge in [-0.2, -0.15) is 5.26 Å². The fourth-order valence-electron chi connectivity index (χ4n) is 0.755. The Labute approximate surface area is 92.4 Å². The topological polar surface area (TPSA) is 61.1 Å². The summed E-state index contributed by atoms with van der Waals surface area (Å²) in [5, 5.41) is 15.6. The molecule has 0 spiro atoms. The Hall–Kier alpha value is -1.30. The van der Waals surface area contributed by atoms with Gasteiger partial charge in [0.15, 0.2) is 0 Å². The highest BCUT2D eigenvalue weighted by Crippen LogP contribution is 2.20. The fourth-order valence-corrected chi connectivity index (χ4v) is 0.755. The van der Waals surface area contributed by atoms with Gasteiger partial charge in [-0.3, -0.25) is 0 Å². The van der Waals surface area contributed by atoms with Crippen molar-refractivity contribution in [1.82, 2.24) is 0 Å². The van der Waals surface area contributed by atoms with Gasteiger partial charge in [-0.1, -0.05) is 47.1 Å². The summed E-state index contributed by atoms with van der Waals surface area (Å²) in [6.45, 7) is 12.0. The summed E-state index contributed by atoms with van der Waals surface area (Å²) in [4.78, 5) is 9.61. The summed E-state index contributed by atoms with van der Waals surface area (Å²) in [5.74, 6) is -1.26. The normalized spacial score (nSPS) is 9.53. The maximum atomic E-state index is 9.61. The molecule has 3 heteroatoms. The van der Waals surface area contributed by atoms with Crippen molar-refractivity contribution in [2.24, 2.45) is 5.41 Å². The van der Waals surface area contributed by atoms with Gasteiger partial charge in [-0.15, -0.1) is 0 Å². The molecule has 0 aliphatic rings. The van der Waals surface area contributed by atoms with Gasteiger partial charge in [-0.05, 0) is 11.8 Å². The zero-order chi connectivity index (χ0) is 12.5. The van der Waals surface area contributed by atoms with Gasteiger partial charge >= 0.3 is 5.97 Å². The maximum absolute atomic E-state index is 9.61. The molecular weight excluding hydrogens is 190 g/mol. The number of aliphatic carboxylic acids is 1. The first-order valence-corrected chi connectivity index (χ1v) is 5.07. The average molecular weight is 211 g/mol. The minimum atomic E-state index is -1.26. The Morgan fingerprint density at radius 2 is 1.93 bits per heavy atom. The molecule has 0 amide bonds. The van der Waals surface area contributed by atoms with Crippen molar-refractivity contribution in [3.05, 3.63) is 12.2 Å². The number of carbonyl (C=O) groups is 1. The van der Waals surface area contributed by atoms with Gasteiger partial charge in [0.1, 0.15) is 11.6 Å². The molecule has 0 heterocycles. The minimum Gasteiger partial charge on any atom is -0.477 e. The molecule has 86 valence electrons. The summed E-state index contributed by atoms with van der Waals surface area (Å²) in [5.41, 5.74) is 0.121. The van der Waals surface area contributed by atoms with Crippen LogP contribution in [-0.4, -0.2) is 11.1 Å². The van der Waals surface area contributed by atoms with Crippen LogP contribution in [0.25, 0.3) is 0 Å². The van der Waals surface area contributed by atoms with Crippen molar-refractivity contribution < 1.29 is 9.90 Å². The van der Waals surface area contributed by atoms with Crippen molar-refractivity contribution in [1.29, 1.82) is 5.26 Å². The molecule has 0 atom stereocenters. The lowest BCUT2D eigenvalue weighted by Gasteiger charge is -2.16. The van der Waals surface area contributed by atoms with Gasteiger partial charge in [0, 0.05) is 0 Å². The van der Waals surface area contributed by atoms with Crippen LogP contribution in [0.5, 0.6) is 0 Å². The van der Waals surface area contributed by atoms with Crippen LogP contribution in [0.1, 0.15) is 47.0 Å². The number of hydrogen-bond donors (Lipinski definition) is 1. The highest BCUT2D eigenvalue weighted by molar-refractivity contribution is 5.90. The van der Waals surface area contributed by atoms with Crippen LogP contribution in [0.4, 0.5) is 0 Å². The van der Waals surface area contributed by atoms with E-state index in [0.29, 0.717) is 5.41 Å². The van der Waals surface area contributed by atoms with Crippen molar-refractivity contribution in [2.45, 2.75) is 47.0 Å². The molecule has 0 fully saturated rings. The molecule has 0 radical (unpaired) electrons. The number of nitriles is 1. The van der Waals surface area contributed by atoms with Crippen LogP contribution < -0.4 is 0 Å². The highest BCUT2D eigenvalue weighted by Gasteiger charge is 2.07. The first kappa shape index (κ1) is 16.1. The lowest BCUT2D eigenvalue weighted by Crippen LogP contribution is -2.03. The molecule has 0 aliphatic heterocycles. The van der Waals surface area contributed by atoms with E-state index in [1.807, 2.05) is 0 Å². The van der Waals surface area contributed by atoms with E-state index in [-0.39, 0.29) is 0 Å². The summed E-state index contributed by atoms with van der Waals surface area (Å²) < 4.78 is 0. The highest BCUT2D eigenvalue weighted by atomic mass is 16.4. The summed E-state index contributed by atoms with van der Waals surface area (Å²) in [7, 11) is 0. The average Bonchev–Trinajstić information content (AvgIpc) is 2.13.